The Morgan fingerprint density at radius 2 is 1.76 bits per heavy atom. The van der Waals surface area contributed by atoms with Gasteiger partial charge in [0.2, 0.25) is 0 Å². The van der Waals surface area contributed by atoms with E-state index in [1.165, 1.54) is 6.07 Å². The molecule has 0 spiro atoms. The maximum Gasteiger partial charge on any atom is 0.416 e. The Morgan fingerprint density at radius 3 is 2.38 bits per heavy atom. The van der Waals surface area contributed by atoms with E-state index in [9.17, 15) is 13.2 Å². The van der Waals surface area contributed by atoms with Gasteiger partial charge in [0.15, 0.2) is 0 Å². The van der Waals surface area contributed by atoms with E-state index in [0.29, 0.717) is 11.3 Å². The topological polar surface area (TPSA) is 21.3 Å². The Morgan fingerprint density at radius 1 is 1.05 bits per heavy atom. The average Bonchev–Trinajstić information content (AvgIpc) is 2.46. The lowest BCUT2D eigenvalue weighted by Gasteiger charge is -2.10. The van der Waals surface area contributed by atoms with Gasteiger partial charge in [-0.2, -0.15) is 13.2 Å². The van der Waals surface area contributed by atoms with Crippen molar-refractivity contribution in [2.45, 2.75) is 19.7 Å². The van der Waals surface area contributed by atoms with Crippen molar-refractivity contribution in [1.29, 1.82) is 0 Å². The molecule has 0 aliphatic heterocycles. The molecule has 112 valence electrons. The standard InChI is InChI=1S/C16H16F3NO/c1-2-20-14-6-8-15(9-7-14)21-11-12-4-3-5-13(10-12)16(17,18)19/h3-10,20H,2,11H2,1H3. The Hall–Kier alpha value is -2.17. The quantitative estimate of drug-likeness (QED) is 0.862. The summed E-state index contributed by atoms with van der Waals surface area (Å²) in [5.74, 6) is 0.620. The third-order valence-electron chi connectivity index (χ3n) is 2.90. The first-order valence-corrected chi connectivity index (χ1v) is 6.62. The molecule has 0 fully saturated rings. The highest BCUT2D eigenvalue weighted by Crippen LogP contribution is 2.29. The van der Waals surface area contributed by atoms with Crippen molar-refractivity contribution in [3.63, 3.8) is 0 Å². The van der Waals surface area contributed by atoms with Crippen LogP contribution in [0, 0.1) is 0 Å². The number of anilines is 1. The lowest BCUT2D eigenvalue weighted by atomic mass is 10.1. The molecule has 21 heavy (non-hydrogen) atoms. The van der Waals surface area contributed by atoms with Gasteiger partial charge < -0.3 is 10.1 Å². The van der Waals surface area contributed by atoms with Crippen LogP contribution >= 0.6 is 0 Å². The van der Waals surface area contributed by atoms with Gasteiger partial charge in [0.25, 0.3) is 0 Å². The smallest absolute Gasteiger partial charge is 0.416 e. The molecule has 2 rings (SSSR count). The van der Waals surface area contributed by atoms with Gasteiger partial charge in [-0.05, 0) is 48.9 Å². The maximum atomic E-state index is 12.6. The summed E-state index contributed by atoms with van der Waals surface area (Å²) in [5, 5.41) is 3.15. The first kappa shape index (κ1) is 15.2. The van der Waals surface area contributed by atoms with Gasteiger partial charge in [-0.25, -0.2) is 0 Å². The summed E-state index contributed by atoms with van der Waals surface area (Å²) < 4.78 is 43.3. The summed E-state index contributed by atoms with van der Waals surface area (Å²) in [6, 6.07) is 12.5. The fourth-order valence-electron chi connectivity index (χ4n) is 1.88. The molecule has 0 radical (unpaired) electrons. The molecule has 0 aliphatic rings. The van der Waals surface area contributed by atoms with Gasteiger partial charge in [-0.1, -0.05) is 12.1 Å². The van der Waals surface area contributed by atoms with Gasteiger partial charge in [0.05, 0.1) is 5.56 Å². The van der Waals surface area contributed by atoms with Crippen molar-refractivity contribution in [3.05, 3.63) is 59.7 Å². The number of nitrogens with one attached hydrogen (secondary N) is 1. The van der Waals surface area contributed by atoms with Crippen LogP contribution in [-0.2, 0) is 12.8 Å². The van der Waals surface area contributed by atoms with Crippen molar-refractivity contribution in [2.24, 2.45) is 0 Å². The molecule has 2 aromatic carbocycles. The molecule has 0 unspecified atom stereocenters. The van der Waals surface area contributed by atoms with E-state index < -0.39 is 11.7 Å². The number of benzene rings is 2. The zero-order valence-electron chi connectivity index (χ0n) is 11.6. The second-order valence-corrected chi connectivity index (χ2v) is 4.54. The molecule has 0 saturated heterocycles. The second kappa shape index (κ2) is 6.52. The van der Waals surface area contributed by atoms with Crippen molar-refractivity contribution in [2.75, 3.05) is 11.9 Å². The largest absolute Gasteiger partial charge is 0.489 e. The molecule has 0 aliphatic carbocycles. The van der Waals surface area contributed by atoms with Crippen molar-refractivity contribution in [3.8, 4) is 5.75 Å². The Kier molecular flexibility index (Phi) is 4.73. The normalized spacial score (nSPS) is 11.2. The summed E-state index contributed by atoms with van der Waals surface area (Å²) in [6.07, 6.45) is -4.33. The molecular formula is C16H16F3NO. The van der Waals surface area contributed by atoms with Crippen LogP contribution in [0.1, 0.15) is 18.1 Å². The SMILES string of the molecule is CCNc1ccc(OCc2cccc(C(F)(F)F)c2)cc1. The number of rotatable bonds is 5. The zero-order chi connectivity index (χ0) is 15.3. The van der Waals surface area contributed by atoms with E-state index in [1.54, 1.807) is 18.2 Å². The number of halogens is 3. The molecule has 0 atom stereocenters. The van der Waals surface area contributed by atoms with Crippen LogP contribution in [0.5, 0.6) is 5.75 Å². The highest BCUT2D eigenvalue weighted by molar-refractivity contribution is 5.46. The Labute approximate surface area is 121 Å². The van der Waals surface area contributed by atoms with Crippen molar-refractivity contribution in [1.82, 2.24) is 0 Å². The minimum atomic E-state index is -4.33. The summed E-state index contributed by atoms with van der Waals surface area (Å²) >= 11 is 0. The molecule has 0 bridgehead atoms. The monoisotopic (exact) mass is 295 g/mol. The van der Waals surface area contributed by atoms with Gasteiger partial charge >= 0.3 is 6.18 Å². The second-order valence-electron chi connectivity index (χ2n) is 4.54. The summed E-state index contributed by atoms with van der Waals surface area (Å²) in [5.41, 5.74) is 0.801. The summed E-state index contributed by atoms with van der Waals surface area (Å²) in [7, 11) is 0. The molecule has 2 aromatic rings. The first-order chi connectivity index (χ1) is 9.99. The number of hydrogen-bond acceptors (Lipinski definition) is 2. The lowest BCUT2D eigenvalue weighted by Crippen LogP contribution is -2.06. The minimum absolute atomic E-state index is 0.102. The molecule has 1 N–H and O–H groups in total. The van der Waals surface area contributed by atoms with E-state index in [1.807, 2.05) is 19.1 Å². The zero-order valence-corrected chi connectivity index (χ0v) is 11.6. The molecule has 2 nitrogen and oxygen atoms in total. The van der Waals surface area contributed by atoms with Gasteiger partial charge in [-0.3, -0.25) is 0 Å². The van der Waals surface area contributed by atoms with E-state index in [0.717, 1.165) is 24.4 Å². The fraction of sp³-hybridized carbons (Fsp3) is 0.250. The molecule has 0 saturated carbocycles. The highest BCUT2D eigenvalue weighted by Gasteiger charge is 2.30. The highest BCUT2D eigenvalue weighted by atomic mass is 19.4. The summed E-state index contributed by atoms with van der Waals surface area (Å²) in [6.45, 7) is 2.92. The van der Waals surface area contributed by atoms with Crippen LogP contribution in [-0.4, -0.2) is 6.54 Å². The van der Waals surface area contributed by atoms with Crippen LogP contribution in [0.2, 0.25) is 0 Å². The number of hydrogen-bond donors (Lipinski definition) is 1. The summed E-state index contributed by atoms with van der Waals surface area (Å²) in [4.78, 5) is 0. The van der Waals surface area contributed by atoms with E-state index in [4.69, 9.17) is 4.74 Å². The third-order valence-corrected chi connectivity index (χ3v) is 2.90. The van der Waals surface area contributed by atoms with Gasteiger partial charge in [-0.15, -0.1) is 0 Å². The minimum Gasteiger partial charge on any atom is -0.489 e. The molecule has 0 heterocycles. The number of ether oxygens (including phenoxy) is 1. The van der Waals surface area contributed by atoms with Crippen LogP contribution in [0.3, 0.4) is 0 Å². The van der Waals surface area contributed by atoms with E-state index in [2.05, 4.69) is 5.32 Å². The molecule has 5 heteroatoms. The predicted molar refractivity (Wildman–Crippen MR) is 76.4 cm³/mol. The fourth-order valence-corrected chi connectivity index (χ4v) is 1.88. The molecule has 0 aromatic heterocycles. The van der Waals surface area contributed by atoms with E-state index >= 15 is 0 Å². The van der Waals surface area contributed by atoms with Crippen LogP contribution in [0.4, 0.5) is 18.9 Å². The predicted octanol–water partition coefficient (Wildman–Crippen LogP) is 4.72. The molecule has 0 amide bonds. The third kappa shape index (κ3) is 4.41. The van der Waals surface area contributed by atoms with Crippen molar-refractivity contribution >= 4 is 5.69 Å². The van der Waals surface area contributed by atoms with Gasteiger partial charge in [0, 0.05) is 12.2 Å². The average molecular weight is 295 g/mol. The molecular weight excluding hydrogens is 279 g/mol. The van der Waals surface area contributed by atoms with Crippen molar-refractivity contribution < 1.29 is 17.9 Å². The van der Waals surface area contributed by atoms with Gasteiger partial charge in [0.1, 0.15) is 12.4 Å². The van der Waals surface area contributed by atoms with E-state index in [-0.39, 0.29) is 6.61 Å². The Balaban J connectivity index is 1.99. The number of alkyl halides is 3. The van der Waals surface area contributed by atoms with Crippen LogP contribution in [0.25, 0.3) is 0 Å². The van der Waals surface area contributed by atoms with Crippen LogP contribution < -0.4 is 10.1 Å². The van der Waals surface area contributed by atoms with Crippen LogP contribution in [0.15, 0.2) is 48.5 Å². The Bertz CT molecular complexity index is 579. The lowest BCUT2D eigenvalue weighted by molar-refractivity contribution is -0.137. The first-order valence-electron chi connectivity index (χ1n) is 6.62. The maximum absolute atomic E-state index is 12.6.